The van der Waals surface area contributed by atoms with Crippen molar-refractivity contribution >= 4 is 11.6 Å². The van der Waals surface area contributed by atoms with Gasteiger partial charge in [0.2, 0.25) is 5.91 Å². The van der Waals surface area contributed by atoms with Crippen molar-refractivity contribution in [3.63, 3.8) is 0 Å². The van der Waals surface area contributed by atoms with Gasteiger partial charge in [-0.15, -0.1) is 0 Å². The van der Waals surface area contributed by atoms with Crippen LogP contribution in [-0.4, -0.2) is 16.1 Å². The zero-order chi connectivity index (χ0) is 21.3. The number of phenolic OH excluding ortho intramolecular Hbond substituents is 1. The van der Waals surface area contributed by atoms with Crippen LogP contribution in [0.1, 0.15) is 36.1 Å². The molecule has 1 amide bonds. The van der Waals surface area contributed by atoms with E-state index in [0.29, 0.717) is 24.1 Å². The molecule has 6 heteroatoms. The molecule has 30 heavy (non-hydrogen) atoms. The Morgan fingerprint density at radius 1 is 0.867 bits per heavy atom. The average Bonchev–Trinajstić information content (AvgIpc) is 2.74. The number of carbonyl (C=O) groups is 1. The van der Waals surface area contributed by atoms with Crippen molar-refractivity contribution in [1.82, 2.24) is 0 Å². The highest BCUT2D eigenvalue weighted by atomic mass is 19.1. The summed E-state index contributed by atoms with van der Waals surface area (Å²) in [5.41, 5.74) is 2.03. The van der Waals surface area contributed by atoms with Crippen LogP contribution in [0.5, 0.6) is 5.75 Å². The molecule has 0 bridgehead atoms. The quantitative estimate of drug-likeness (QED) is 0.564. The number of β-lactam (4-membered cyclic amide) rings is 1. The smallest absolute Gasteiger partial charge is 0.233 e. The molecule has 0 saturated carbocycles. The number of rotatable bonds is 6. The highest BCUT2D eigenvalue weighted by Gasteiger charge is 2.48. The number of halogens is 2. The molecule has 3 atom stereocenters. The lowest BCUT2D eigenvalue weighted by Gasteiger charge is -2.48. The highest BCUT2D eigenvalue weighted by molar-refractivity contribution is 6.03. The van der Waals surface area contributed by atoms with E-state index in [2.05, 4.69) is 0 Å². The van der Waals surface area contributed by atoms with Crippen molar-refractivity contribution in [2.45, 2.75) is 25.0 Å². The molecule has 2 N–H and O–H groups in total. The molecule has 0 radical (unpaired) electrons. The molecular weight excluding hydrogens is 394 g/mol. The normalized spacial score (nSPS) is 19.4. The minimum Gasteiger partial charge on any atom is -0.508 e. The second kappa shape index (κ2) is 8.24. The Hall–Kier alpha value is -3.25. The maximum absolute atomic E-state index is 13.3. The topological polar surface area (TPSA) is 60.8 Å². The van der Waals surface area contributed by atoms with Crippen LogP contribution >= 0.6 is 0 Å². The summed E-state index contributed by atoms with van der Waals surface area (Å²) >= 11 is 0. The van der Waals surface area contributed by atoms with Crippen LogP contribution in [0, 0.1) is 17.6 Å². The molecule has 1 saturated heterocycles. The number of benzene rings is 3. The number of nitrogens with zero attached hydrogens (tertiary/aromatic N) is 1. The molecule has 0 aliphatic carbocycles. The van der Waals surface area contributed by atoms with E-state index in [1.54, 1.807) is 41.3 Å². The van der Waals surface area contributed by atoms with Crippen molar-refractivity contribution in [2.24, 2.45) is 5.92 Å². The Morgan fingerprint density at radius 2 is 1.43 bits per heavy atom. The first-order valence-corrected chi connectivity index (χ1v) is 9.75. The van der Waals surface area contributed by atoms with E-state index in [4.69, 9.17) is 0 Å². The van der Waals surface area contributed by atoms with Crippen LogP contribution in [0.15, 0.2) is 72.8 Å². The van der Waals surface area contributed by atoms with Gasteiger partial charge in [0.05, 0.1) is 18.1 Å². The van der Waals surface area contributed by atoms with E-state index in [9.17, 15) is 23.8 Å². The summed E-state index contributed by atoms with van der Waals surface area (Å²) < 4.78 is 26.4. The number of hydrogen-bond acceptors (Lipinski definition) is 3. The molecule has 0 spiro atoms. The molecule has 1 heterocycles. The Kier molecular flexibility index (Phi) is 5.50. The van der Waals surface area contributed by atoms with Gasteiger partial charge in [-0.05, 0) is 72.5 Å². The molecule has 3 aromatic carbocycles. The third-order valence-corrected chi connectivity index (χ3v) is 5.56. The van der Waals surface area contributed by atoms with Crippen molar-refractivity contribution in [3.05, 3.63) is 95.6 Å². The third kappa shape index (κ3) is 3.91. The standard InChI is InChI=1S/C24H21F2NO3/c25-17-5-1-15(2-6-17)22(29)14-13-21-23(16-3-11-20(28)12-4-16)27(24(21)30)19-9-7-18(26)8-10-19/h1-12,21-23,28-29H,13-14H2/t21?,22-,23+/m0/s1/i3+1,4+1,11+1,12+1,16+1,20+1. The van der Waals surface area contributed by atoms with Crippen LogP contribution < -0.4 is 4.90 Å². The van der Waals surface area contributed by atoms with Gasteiger partial charge in [-0.2, -0.15) is 0 Å². The number of phenols is 1. The predicted molar refractivity (Wildman–Crippen MR) is 109 cm³/mol. The van der Waals surface area contributed by atoms with Gasteiger partial charge in [-0.1, -0.05) is 24.3 Å². The Bertz CT molecular complexity index is 1020. The van der Waals surface area contributed by atoms with Gasteiger partial charge in [0.15, 0.2) is 0 Å². The van der Waals surface area contributed by atoms with Crippen LogP contribution in [0.4, 0.5) is 14.5 Å². The Morgan fingerprint density at radius 3 is 2.03 bits per heavy atom. The van der Waals surface area contributed by atoms with Gasteiger partial charge in [0.25, 0.3) is 0 Å². The van der Waals surface area contributed by atoms with E-state index in [-0.39, 0.29) is 35.3 Å². The summed E-state index contributed by atoms with van der Waals surface area (Å²) in [6.07, 6.45) is -0.0344. The molecule has 154 valence electrons. The first-order chi connectivity index (χ1) is 14.4. The molecule has 1 unspecified atom stereocenters. The lowest BCUT2D eigenvalue weighted by molar-refractivity contribution is -0.131. The zero-order valence-electron chi connectivity index (χ0n) is 16.1. The molecule has 1 aliphatic rings. The molecule has 1 aliphatic heterocycles. The molecule has 3 aromatic rings. The van der Waals surface area contributed by atoms with E-state index in [0.717, 1.165) is 5.56 Å². The summed E-state index contributed by atoms with van der Waals surface area (Å²) in [6.45, 7) is 0. The Labute approximate surface area is 173 Å². The second-order valence-corrected chi connectivity index (χ2v) is 7.47. The van der Waals surface area contributed by atoms with Gasteiger partial charge in [0, 0.05) is 5.69 Å². The fourth-order valence-electron chi connectivity index (χ4n) is 3.96. The number of amides is 1. The first kappa shape index (κ1) is 20.0. The summed E-state index contributed by atoms with van der Waals surface area (Å²) in [4.78, 5) is 14.6. The summed E-state index contributed by atoms with van der Waals surface area (Å²) in [6, 6.07) is 17.7. The summed E-state index contributed by atoms with van der Waals surface area (Å²) in [5, 5.41) is 20.1. The van der Waals surface area contributed by atoms with E-state index in [1.807, 2.05) is 0 Å². The fraction of sp³-hybridized carbons (Fsp3) is 0.208. The SMILES string of the molecule is O=C1C(CC[C@H](O)c2ccc(F)cc2)[C@@H]([13c]2[13cH][13cH][13c](O)[13cH][13cH]2)N1c1ccc(F)cc1. The molecule has 4 rings (SSSR count). The second-order valence-electron chi connectivity index (χ2n) is 7.47. The largest absolute Gasteiger partial charge is 0.508 e. The summed E-state index contributed by atoms with van der Waals surface area (Å²) in [5.74, 6) is -1.10. The lowest BCUT2D eigenvalue weighted by Crippen LogP contribution is -2.55. The zero-order valence-corrected chi connectivity index (χ0v) is 16.1. The minimum atomic E-state index is -0.807. The van der Waals surface area contributed by atoms with Crippen molar-refractivity contribution in [3.8, 4) is 5.75 Å². The van der Waals surface area contributed by atoms with Gasteiger partial charge in [-0.25, -0.2) is 8.78 Å². The van der Waals surface area contributed by atoms with E-state index in [1.165, 1.54) is 36.4 Å². The van der Waals surface area contributed by atoms with Gasteiger partial charge in [-0.3, -0.25) is 4.79 Å². The molecular formula is C24H21F2NO3. The van der Waals surface area contributed by atoms with Crippen LogP contribution in [0.25, 0.3) is 0 Å². The lowest BCUT2D eigenvalue weighted by atomic mass is 9.84. The molecule has 4 nitrogen and oxygen atoms in total. The number of aliphatic hydroxyl groups is 1. The monoisotopic (exact) mass is 415 g/mol. The number of hydrogen-bond donors (Lipinski definition) is 2. The van der Waals surface area contributed by atoms with E-state index >= 15 is 0 Å². The highest BCUT2D eigenvalue weighted by Crippen LogP contribution is 2.46. The van der Waals surface area contributed by atoms with Gasteiger partial charge in [0.1, 0.15) is 17.4 Å². The number of anilines is 1. The third-order valence-electron chi connectivity index (χ3n) is 5.56. The number of carbonyl (C=O) groups excluding carboxylic acids is 1. The minimum absolute atomic E-state index is 0.106. The van der Waals surface area contributed by atoms with Crippen LogP contribution in [-0.2, 0) is 4.79 Å². The first-order valence-electron chi connectivity index (χ1n) is 9.75. The van der Waals surface area contributed by atoms with Crippen molar-refractivity contribution in [1.29, 1.82) is 0 Å². The number of aromatic hydroxyl groups is 1. The fourth-order valence-corrected chi connectivity index (χ4v) is 3.96. The molecule has 1 fully saturated rings. The van der Waals surface area contributed by atoms with Crippen LogP contribution in [0.2, 0.25) is 0 Å². The van der Waals surface area contributed by atoms with Crippen molar-refractivity contribution < 1.29 is 23.8 Å². The Balaban J connectivity index is 1.55. The average molecular weight is 415 g/mol. The predicted octanol–water partition coefficient (Wildman–Crippen LogP) is 4.89. The van der Waals surface area contributed by atoms with Crippen LogP contribution in [0.3, 0.4) is 0 Å². The number of aliphatic hydroxyl groups excluding tert-OH is 1. The van der Waals surface area contributed by atoms with Gasteiger partial charge >= 0.3 is 0 Å². The molecule has 0 aromatic heterocycles. The maximum atomic E-state index is 13.3. The van der Waals surface area contributed by atoms with Crippen molar-refractivity contribution in [2.75, 3.05) is 4.90 Å². The maximum Gasteiger partial charge on any atom is 0.233 e. The summed E-state index contributed by atoms with van der Waals surface area (Å²) in [7, 11) is 0. The van der Waals surface area contributed by atoms with E-state index < -0.39 is 6.10 Å². The van der Waals surface area contributed by atoms with Gasteiger partial charge < -0.3 is 15.1 Å².